The van der Waals surface area contributed by atoms with E-state index in [1.807, 2.05) is 0 Å². The molecule has 0 saturated heterocycles. The van der Waals surface area contributed by atoms with Gasteiger partial charge in [0.15, 0.2) is 23.0 Å². The highest BCUT2D eigenvalue weighted by Gasteiger charge is 2.29. The number of ether oxygens (including phenoxy) is 2. The number of methoxy groups -OCH3 is 2. The third-order valence-corrected chi connectivity index (χ3v) is 11.1. The van der Waals surface area contributed by atoms with Crippen molar-refractivity contribution in [2.75, 3.05) is 14.2 Å². The molecule has 0 aromatic heterocycles. The van der Waals surface area contributed by atoms with Crippen LogP contribution in [0.5, 0.6) is 23.0 Å². The topological polar surface area (TPSA) is 36.9 Å². The van der Waals surface area contributed by atoms with Crippen LogP contribution in [0.15, 0.2) is 24.3 Å². The first-order valence-electron chi connectivity index (χ1n) is 13.3. The minimum atomic E-state index is -0.715. The zero-order chi connectivity index (χ0) is 27.2. The third kappa shape index (κ3) is 7.29. The van der Waals surface area contributed by atoms with Gasteiger partial charge < -0.3 is 18.5 Å². The molecule has 6 heteroatoms. The average molecular weight is 535 g/mol. The van der Waals surface area contributed by atoms with Crippen LogP contribution < -0.4 is 18.5 Å². The van der Waals surface area contributed by atoms with Gasteiger partial charge in [0, 0.05) is 33.8 Å². The first kappa shape index (κ1) is 30.7. The molecule has 0 fully saturated rings. The number of aryl methyl sites for hydroxylation is 2. The van der Waals surface area contributed by atoms with Gasteiger partial charge >= 0.3 is 0 Å². The Bertz CT molecular complexity index is 890. The first-order chi connectivity index (χ1) is 17.0. The van der Waals surface area contributed by atoms with E-state index in [1.165, 1.54) is 11.1 Å². The normalized spacial score (nSPS) is 11.9. The summed E-state index contributed by atoms with van der Waals surface area (Å²) in [6.45, 7) is 22.3. The Morgan fingerprint density at radius 3 is 1.08 bits per heavy atom. The minimum Gasteiger partial charge on any atom is -0.493 e. The van der Waals surface area contributed by atoms with Crippen molar-refractivity contribution >= 4 is 16.3 Å². The fourth-order valence-electron chi connectivity index (χ4n) is 4.44. The molecule has 0 unspecified atom stereocenters. The van der Waals surface area contributed by atoms with Crippen LogP contribution in [0.3, 0.4) is 0 Å². The van der Waals surface area contributed by atoms with E-state index in [9.17, 15) is 0 Å². The molecule has 0 aliphatic heterocycles. The highest BCUT2D eigenvalue weighted by molar-refractivity contribution is 7.54. The van der Waals surface area contributed by atoms with Crippen LogP contribution in [0.4, 0.5) is 0 Å². The quantitative estimate of drug-likeness (QED) is 0.240. The molecule has 2 aromatic carbocycles. The molecule has 2 rings (SSSR count). The van der Waals surface area contributed by atoms with E-state index in [0.29, 0.717) is 22.6 Å². The van der Waals surface area contributed by atoms with E-state index in [4.69, 9.17) is 18.5 Å². The molecule has 4 nitrogen and oxygen atoms in total. The van der Waals surface area contributed by atoms with Gasteiger partial charge in [0.05, 0.1) is 30.5 Å². The predicted octanol–water partition coefficient (Wildman–Crippen LogP) is 9.68. The summed E-state index contributed by atoms with van der Waals surface area (Å²) in [5, 5.41) is 0. The molecule has 0 N–H and O–H groups in total. The third-order valence-electron chi connectivity index (χ3n) is 6.21. The maximum atomic E-state index is 6.90. The summed E-state index contributed by atoms with van der Waals surface area (Å²) >= 11 is 0. The Morgan fingerprint density at radius 2 is 0.861 bits per heavy atom. The number of benzene rings is 2. The van der Waals surface area contributed by atoms with Crippen molar-refractivity contribution in [2.45, 2.75) is 105 Å². The number of rotatable bonds is 13. The molecule has 0 radical (unpaired) electrons. The Morgan fingerprint density at radius 1 is 0.556 bits per heavy atom. The molecule has 0 saturated carbocycles. The molecule has 0 heterocycles. The monoisotopic (exact) mass is 534 g/mol. The second-order valence-corrected chi connectivity index (χ2v) is 16.3. The van der Waals surface area contributed by atoms with Gasteiger partial charge in [-0.05, 0) is 48.2 Å². The Kier molecular flexibility index (Phi) is 11.8. The van der Waals surface area contributed by atoms with Crippen molar-refractivity contribution in [1.29, 1.82) is 0 Å². The maximum Gasteiger partial charge on any atom is 0.173 e. The van der Waals surface area contributed by atoms with Crippen molar-refractivity contribution in [3.63, 3.8) is 0 Å². The summed E-state index contributed by atoms with van der Waals surface area (Å²) in [7, 11) is 2.03. The van der Waals surface area contributed by atoms with Crippen molar-refractivity contribution < 1.29 is 18.5 Å². The Hall–Kier alpha value is -1.50. The van der Waals surface area contributed by atoms with Crippen molar-refractivity contribution in [2.24, 2.45) is 0 Å². The molecule has 202 valence electrons. The van der Waals surface area contributed by atoms with Crippen molar-refractivity contribution in [1.82, 2.24) is 0 Å². The zero-order valence-corrected chi connectivity index (χ0v) is 26.3. The van der Waals surface area contributed by atoms with Gasteiger partial charge in [0.2, 0.25) is 0 Å². The second kappa shape index (κ2) is 13.9. The van der Waals surface area contributed by atoms with Crippen molar-refractivity contribution in [3.05, 3.63) is 35.4 Å². The number of hydrogen-bond acceptors (Lipinski definition) is 4. The van der Waals surface area contributed by atoms with Gasteiger partial charge in [-0.15, -0.1) is 0 Å². The van der Waals surface area contributed by atoms with E-state index >= 15 is 0 Å². The largest absolute Gasteiger partial charge is 0.493 e. The molecule has 0 aliphatic carbocycles. The zero-order valence-electron chi connectivity index (χ0n) is 24.6. The minimum absolute atomic E-state index is 0.422. The van der Waals surface area contributed by atoms with E-state index in [-0.39, 0.29) is 0 Å². The van der Waals surface area contributed by atoms with E-state index < -0.39 is 16.3 Å². The highest BCUT2D eigenvalue weighted by Crippen LogP contribution is 2.57. The number of hydrogen-bond donors (Lipinski definition) is 0. The summed E-state index contributed by atoms with van der Waals surface area (Å²) < 4.78 is 25.7. The van der Waals surface area contributed by atoms with Crippen LogP contribution in [0.2, 0.25) is 0 Å². The lowest BCUT2D eigenvalue weighted by Crippen LogP contribution is -2.11. The second-order valence-electron chi connectivity index (χ2n) is 10.3. The lowest BCUT2D eigenvalue weighted by atomic mass is 9.96. The molecule has 0 aliphatic rings. The first-order valence-corrected chi connectivity index (χ1v) is 16.1. The SMILES string of the molecule is CCc1cc(OC)c(OP(C(C)C)C(C)C)c(-c2cc(CC)cc(OC)c2OP(C(C)C)C(C)C)c1. The van der Waals surface area contributed by atoms with Gasteiger partial charge in [-0.25, -0.2) is 0 Å². The summed E-state index contributed by atoms with van der Waals surface area (Å²) in [5.41, 5.74) is 6.13. The Balaban J connectivity index is 2.92. The molecule has 0 spiro atoms. The maximum absolute atomic E-state index is 6.90. The van der Waals surface area contributed by atoms with Gasteiger partial charge in [-0.1, -0.05) is 69.2 Å². The van der Waals surface area contributed by atoms with E-state index in [2.05, 4.69) is 93.5 Å². The average Bonchev–Trinajstić information content (AvgIpc) is 2.83. The lowest BCUT2D eigenvalue weighted by Gasteiger charge is -2.30. The lowest BCUT2D eigenvalue weighted by molar-refractivity contribution is 0.394. The molecule has 0 bridgehead atoms. The Labute approximate surface area is 223 Å². The molecular weight excluding hydrogens is 486 g/mol. The van der Waals surface area contributed by atoms with Gasteiger partial charge in [-0.3, -0.25) is 0 Å². The van der Waals surface area contributed by atoms with Crippen LogP contribution >= 0.6 is 16.3 Å². The summed E-state index contributed by atoms with van der Waals surface area (Å²) in [4.78, 5) is 0. The standard InChI is InChI=1S/C30H48O4P2/c1-13-23-15-25(29(27(17-23)31-11)33-35(19(3)4)20(5)6)26-16-24(14-2)18-28(32-12)30(26)34-36(21(7)8)22(9)10/h15-22H,13-14H2,1-12H3. The molecule has 0 amide bonds. The van der Waals surface area contributed by atoms with Gasteiger partial charge in [0.25, 0.3) is 0 Å². The van der Waals surface area contributed by atoms with Crippen LogP contribution in [-0.4, -0.2) is 36.9 Å². The van der Waals surface area contributed by atoms with Crippen LogP contribution in [0.1, 0.15) is 80.4 Å². The molecule has 36 heavy (non-hydrogen) atoms. The van der Waals surface area contributed by atoms with Gasteiger partial charge in [-0.2, -0.15) is 0 Å². The highest BCUT2D eigenvalue weighted by atomic mass is 31.1. The molecule has 2 aromatic rings. The summed E-state index contributed by atoms with van der Waals surface area (Å²) in [6.07, 6.45) is 1.80. The van der Waals surface area contributed by atoms with Crippen LogP contribution in [0.25, 0.3) is 11.1 Å². The summed E-state index contributed by atoms with van der Waals surface area (Å²) in [5.74, 6) is 3.17. The van der Waals surface area contributed by atoms with Crippen LogP contribution in [-0.2, 0) is 12.8 Å². The fraction of sp³-hybridized carbons (Fsp3) is 0.600. The van der Waals surface area contributed by atoms with E-state index in [1.54, 1.807) is 14.2 Å². The molecular formula is C30H48O4P2. The fourth-order valence-corrected chi connectivity index (χ4v) is 8.47. The predicted molar refractivity (Wildman–Crippen MR) is 159 cm³/mol. The van der Waals surface area contributed by atoms with Crippen molar-refractivity contribution in [3.8, 4) is 34.1 Å². The van der Waals surface area contributed by atoms with E-state index in [0.717, 1.165) is 47.0 Å². The van der Waals surface area contributed by atoms with Gasteiger partial charge in [0.1, 0.15) is 0 Å². The summed E-state index contributed by atoms with van der Waals surface area (Å²) in [6, 6.07) is 8.73. The molecule has 0 atom stereocenters. The van der Waals surface area contributed by atoms with Crippen LogP contribution in [0, 0.1) is 0 Å². The smallest absolute Gasteiger partial charge is 0.173 e.